The molecule has 0 radical (unpaired) electrons. The van der Waals surface area contributed by atoms with E-state index < -0.39 is 10.0 Å². The molecule has 3 aromatic rings. The van der Waals surface area contributed by atoms with E-state index in [1.54, 1.807) is 28.6 Å². The van der Waals surface area contributed by atoms with E-state index in [4.69, 9.17) is 0 Å². The summed E-state index contributed by atoms with van der Waals surface area (Å²) in [5, 5.41) is 11.9. The van der Waals surface area contributed by atoms with E-state index in [1.165, 1.54) is 11.8 Å². The molecule has 180 valence electrons. The number of amides is 1. The Morgan fingerprint density at radius 3 is 2.41 bits per heavy atom. The summed E-state index contributed by atoms with van der Waals surface area (Å²) in [7, 11) is -3.51. The Kier molecular flexibility index (Phi) is 7.70. The van der Waals surface area contributed by atoms with Crippen LogP contribution in [0.1, 0.15) is 31.2 Å². The summed E-state index contributed by atoms with van der Waals surface area (Å²) in [5.41, 5.74) is 1.68. The molecule has 4 rings (SSSR count). The molecule has 8 nitrogen and oxygen atoms in total. The first-order chi connectivity index (χ1) is 16.3. The fraction of sp³-hybridized carbons (Fsp3) is 0.375. The molecule has 0 saturated carbocycles. The number of hydrogen-bond donors (Lipinski definition) is 1. The van der Waals surface area contributed by atoms with Crippen LogP contribution in [-0.2, 0) is 21.4 Å². The SMILES string of the molecule is Cc1nnc(SCC(=O)Nc2ccc(S(=O)(=O)N3CCC(C)CC3)cc2)n1Cc1ccccc1. The second-order valence-electron chi connectivity index (χ2n) is 8.55. The standard InChI is InChI=1S/C24H29N5O3S2/c1-18-12-14-28(15-13-18)34(31,32)22-10-8-21(9-11-22)25-23(30)17-33-24-27-26-19(2)29(24)16-20-6-4-3-5-7-20/h3-11,18H,12-17H2,1-2H3,(H,25,30). The van der Waals surface area contributed by atoms with Crippen LogP contribution >= 0.6 is 11.8 Å². The molecule has 2 aromatic carbocycles. The van der Waals surface area contributed by atoms with Gasteiger partial charge in [-0.1, -0.05) is 49.0 Å². The van der Waals surface area contributed by atoms with Crippen molar-refractivity contribution in [1.82, 2.24) is 19.1 Å². The second-order valence-corrected chi connectivity index (χ2v) is 11.4. The highest BCUT2D eigenvalue weighted by Gasteiger charge is 2.28. The average Bonchev–Trinajstić information content (AvgIpc) is 3.18. The number of anilines is 1. The van der Waals surface area contributed by atoms with Crippen LogP contribution in [0.4, 0.5) is 5.69 Å². The summed E-state index contributed by atoms with van der Waals surface area (Å²) in [4.78, 5) is 12.8. The summed E-state index contributed by atoms with van der Waals surface area (Å²) in [6.07, 6.45) is 1.76. The molecule has 1 N–H and O–H groups in total. The predicted octanol–water partition coefficient (Wildman–Crippen LogP) is 3.79. The summed E-state index contributed by atoms with van der Waals surface area (Å²) in [5.74, 6) is 1.31. The van der Waals surface area contributed by atoms with Crippen LogP contribution in [0.25, 0.3) is 0 Å². The highest BCUT2D eigenvalue weighted by molar-refractivity contribution is 7.99. The van der Waals surface area contributed by atoms with E-state index in [1.807, 2.05) is 41.8 Å². The van der Waals surface area contributed by atoms with Crippen LogP contribution in [-0.4, -0.2) is 52.2 Å². The van der Waals surface area contributed by atoms with Crippen LogP contribution in [0.15, 0.2) is 64.6 Å². The van der Waals surface area contributed by atoms with Crippen LogP contribution < -0.4 is 5.32 Å². The van der Waals surface area contributed by atoms with Crippen molar-refractivity contribution in [2.45, 2.75) is 43.3 Å². The zero-order valence-corrected chi connectivity index (χ0v) is 21.0. The molecule has 0 aliphatic carbocycles. The van der Waals surface area contributed by atoms with Crippen molar-refractivity contribution >= 4 is 33.4 Å². The third-order valence-corrected chi connectivity index (χ3v) is 8.82. The van der Waals surface area contributed by atoms with E-state index in [-0.39, 0.29) is 16.6 Å². The molecular formula is C24H29N5O3S2. The van der Waals surface area contributed by atoms with Gasteiger partial charge in [0.05, 0.1) is 17.2 Å². The van der Waals surface area contributed by atoms with Crippen LogP contribution in [0.2, 0.25) is 0 Å². The maximum atomic E-state index is 12.9. The van der Waals surface area contributed by atoms with Gasteiger partial charge in [0.15, 0.2) is 5.16 Å². The molecule has 1 amide bonds. The average molecular weight is 500 g/mol. The molecule has 0 spiro atoms. The van der Waals surface area contributed by atoms with Crippen molar-refractivity contribution in [3.8, 4) is 0 Å². The van der Waals surface area contributed by atoms with E-state index in [0.29, 0.717) is 36.4 Å². The fourth-order valence-electron chi connectivity index (χ4n) is 3.83. The molecule has 0 unspecified atom stereocenters. The first kappa shape index (κ1) is 24.4. The van der Waals surface area contributed by atoms with Crippen molar-refractivity contribution in [2.24, 2.45) is 5.92 Å². The van der Waals surface area contributed by atoms with Crippen molar-refractivity contribution in [3.05, 3.63) is 66.0 Å². The van der Waals surface area contributed by atoms with E-state index in [2.05, 4.69) is 22.4 Å². The minimum Gasteiger partial charge on any atom is -0.325 e. The highest BCUT2D eigenvalue weighted by atomic mass is 32.2. The first-order valence-electron chi connectivity index (χ1n) is 11.3. The maximum absolute atomic E-state index is 12.9. The minimum atomic E-state index is -3.51. The number of sulfonamides is 1. The highest BCUT2D eigenvalue weighted by Crippen LogP contribution is 2.25. The summed E-state index contributed by atoms with van der Waals surface area (Å²) in [6, 6.07) is 16.4. The van der Waals surface area contributed by atoms with Gasteiger partial charge in [-0.05, 0) is 55.5 Å². The Hall–Kier alpha value is -2.69. The number of nitrogens with zero attached hydrogens (tertiary/aromatic N) is 4. The van der Waals surface area contributed by atoms with Gasteiger partial charge < -0.3 is 9.88 Å². The summed E-state index contributed by atoms with van der Waals surface area (Å²) >= 11 is 1.32. The van der Waals surface area contributed by atoms with Crippen molar-refractivity contribution in [3.63, 3.8) is 0 Å². The number of benzene rings is 2. The monoisotopic (exact) mass is 499 g/mol. The van der Waals surface area contributed by atoms with E-state index >= 15 is 0 Å². The second kappa shape index (κ2) is 10.7. The molecule has 1 aliphatic rings. The van der Waals surface area contributed by atoms with Crippen molar-refractivity contribution in [1.29, 1.82) is 0 Å². The molecule has 2 heterocycles. The summed E-state index contributed by atoms with van der Waals surface area (Å²) < 4.78 is 29.3. The number of carbonyl (C=O) groups is 1. The quantitative estimate of drug-likeness (QED) is 0.474. The smallest absolute Gasteiger partial charge is 0.243 e. The minimum absolute atomic E-state index is 0.166. The lowest BCUT2D eigenvalue weighted by Gasteiger charge is -2.29. The third-order valence-electron chi connectivity index (χ3n) is 5.94. The van der Waals surface area contributed by atoms with Gasteiger partial charge in [0, 0.05) is 18.8 Å². The Balaban J connectivity index is 1.34. The van der Waals surface area contributed by atoms with Gasteiger partial charge in [0.1, 0.15) is 5.82 Å². The van der Waals surface area contributed by atoms with Gasteiger partial charge in [-0.25, -0.2) is 8.42 Å². The predicted molar refractivity (Wildman–Crippen MR) is 133 cm³/mol. The molecular weight excluding hydrogens is 470 g/mol. The van der Waals surface area contributed by atoms with E-state index in [9.17, 15) is 13.2 Å². The van der Waals surface area contributed by atoms with Gasteiger partial charge in [0.2, 0.25) is 15.9 Å². The lowest BCUT2D eigenvalue weighted by molar-refractivity contribution is -0.113. The van der Waals surface area contributed by atoms with Gasteiger partial charge >= 0.3 is 0 Å². The summed E-state index contributed by atoms with van der Waals surface area (Å²) in [6.45, 7) is 5.77. The molecule has 1 saturated heterocycles. The third kappa shape index (κ3) is 5.86. The Morgan fingerprint density at radius 2 is 1.74 bits per heavy atom. The number of thioether (sulfide) groups is 1. The maximum Gasteiger partial charge on any atom is 0.243 e. The molecule has 1 aromatic heterocycles. The van der Waals surface area contributed by atoms with Gasteiger partial charge in [-0.2, -0.15) is 4.31 Å². The normalized spacial score (nSPS) is 15.4. The Labute approximate surface area is 204 Å². The van der Waals surface area contributed by atoms with Crippen LogP contribution in [0, 0.1) is 12.8 Å². The largest absolute Gasteiger partial charge is 0.325 e. The number of aromatic nitrogens is 3. The first-order valence-corrected chi connectivity index (χ1v) is 13.7. The lowest BCUT2D eigenvalue weighted by atomic mass is 10.0. The van der Waals surface area contributed by atoms with Crippen LogP contribution in [0.5, 0.6) is 0 Å². The Morgan fingerprint density at radius 1 is 1.06 bits per heavy atom. The van der Waals surface area contributed by atoms with Gasteiger partial charge in [-0.15, -0.1) is 10.2 Å². The van der Waals surface area contributed by atoms with Crippen molar-refractivity contribution in [2.75, 3.05) is 24.2 Å². The topological polar surface area (TPSA) is 97.2 Å². The Bertz CT molecular complexity index is 1220. The number of aryl methyl sites for hydroxylation is 1. The number of rotatable bonds is 8. The zero-order chi connectivity index (χ0) is 24.1. The van der Waals surface area contributed by atoms with E-state index in [0.717, 1.165) is 24.2 Å². The molecule has 10 heteroatoms. The van der Waals surface area contributed by atoms with Crippen molar-refractivity contribution < 1.29 is 13.2 Å². The van der Waals surface area contributed by atoms with Crippen LogP contribution in [0.3, 0.4) is 0 Å². The number of hydrogen-bond acceptors (Lipinski definition) is 6. The molecule has 1 fully saturated rings. The number of nitrogens with one attached hydrogen (secondary N) is 1. The molecule has 0 atom stereocenters. The lowest BCUT2D eigenvalue weighted by Crippen LogP contribution is -2.37. The molecule has 1 aliphatic heterocycles. The van der Waals surface area contributed by atoms with Gasteiger partial charge in [0.25, 0.3) is 0 Å². The van der Waals surface area contributed by atoms with Gasteiger partial charge in [-0.3, -0.25) is 4.79 Å². The zero-order valence-electron chi connectivity index (χ0n) is 19.3. The molecule has 0 bridgehead atoms. The number of piperidine rings is 1. The molecule has 34 heavy (non-hydrogen) atoms. The number of carbonyl (C=O) groups excluding carboxylic acids is 1. The fourth-order valence-corrected chi connectivity index (χ4v) is 6.08.